The molecule has 2 aromatic rings. The largest absolute Gasteiger partial charge is 0.459 e. The summed E-state index contributed by atoms with van der Waals surface area (Å²) in [5.74, 6) is -0.254. The van der Waals surface area contributed by atoms with Crippen LogP contribution in [0.1, 0.15) is 35.7 Å². The number of aromatic nitrogens is 2. The van der Waals surface area contributed by atoms with E-state index in [-0.39, 0.29) is 12.1 Å². The number of hydrogen-bond acceptors (Lipinski definition) is 5. The van der Waals surface area contributed by atoms with E-state index in [0.717, 1.165) is 39.0 Å². The fourth-order valence-electron chi connectivity index (χ4n) is 2.69. The van der Waals surface area contributed by atoms with Gasteiger partial charge in [0, 0.05) is 32.4 Å². The van der Waals surface area contributed by atoms with Crippen molar-refractivity contribution in [3.05, 3.63) is 40.3 Å². The summed E-state index contributed by atoms with van der Waals surface area (Å²) in [4.78, 5) is 14.5. The second-order valence-electron chi connectivity index (χ2n) is 5.60. The minimum absolute atomic E-state index is 0.0243. The fourth-order valence-corrected chi connectivity index (χ4v) is 3.35. The van der Waals surface area contributed by atoms with Crippen LogP contribution in [0.3, 0.4) is 0 Å². The highest BCUT2D eigenvalue weighted by atomic mass is 32.1. The molecule has 1 aliphatic rings. The van der Waals surface area contributed by atoms with Gasteiger partial charge in [0.25, 0.3) is 0 Å². The lowest BCUT2D eigenvalue weighted by atomic mass is 10.1. The summed E-state index contributed by atoms with van der Waals surface area (Å²) in [7, 11) is 0. The third kappa shape index (κ3) is 3.75. The van der Waals surface area contributed by atoms with Crippen LogP contribution in [0.4, 0.5) is 0 Å². The van der Waals surface area contributed by atoms with E-state index in [1.165, 1.54) is 5.56 Å². The van der Waals surface area contributed by atoms with Gasteiger partial charge in [0.1, 0.15) is 6.10 Å². The highest BCUT2D eigenvalue weighted by Crippen LogP contribution is 2.18. The Hall–Kier alpha value is -1.66. The Kier molecular flexibility index (Phi) is 4.90. The summed E-state index contributed by atoms with van der Waals surface area (Å²) in [6.45, 7) is 5.69. The zero-order valence-electron chi connectivity index (χ0n) is 12.8. The molecule has 2 aromatic heterocycles. The predicted octanol–water partition coefficient (Wildman–Crippen LogP) is 2.79. The maximum absolute atomic E-state index is 12.1. The number of nitrogens with zero attached hydrogens (tertiary/aromatic N) is 3. The van der Waals surface area contributed by atoms with E-state index in [1.807, 2.05) is 6.92 Å². The van der Waals surface area contributed by atoms with E-state index >= 15 is 0 Å². The van der Waals surface area contributed by atoms with Crippen LogP contribution in [-0.4, -0.2) is 39.8 Å². The number of esters is 1. The number of likely N-dealkylation sites (tertiary alicyclic amines) is 1. The fraction of sp³-hybridized carbons (Fsp3) is 0.500. The standard InChI is InChI=1S/C16H21N3O2S/c1-2-19-11-14(9-17-19)16(20)21-15-3-6-18(7-4-15)10-13-5-8-22-12-13/h5,8-9,11-12,15H,2-4,6-7,10H2,1H3. The molecule has 1 aliphatic heterocycles. The normalized spacial score (nSPS) is 16.8. The first-order valence-corrected chi connectivity index (χ1v) is 8.65. The van der Waals surface area contributed by atoms with Crippen LogP contribution in [0.25, 0.3) is 0 Å². The highest BCUT2D eigenvalue weighted by Gasteiger charge is 2.23. The topological polar surface area (TPSA) is 47.4 Å². The summed E-state index contributed by atoms with van der Waals surface area (Å²) < 4.78 is 7.34. The van der Waals surface area contributed by atoms with Crippen molar-refractivity contribution in [3.63, 3.8) is 0 Å². The second kappa shape index (κ2) is 7.07. The van der Waals surface area contributed by atoms with Gasteiger partial charge in [-0.25, -0.2) is 4.79 Å². The van der Waals surface area contributed by atoms with Gasteiger partial charge in [0.2, 0.25) is 0 Å². The molecular formula is C16H21N3O2S. The van der Waals surface area contributed by atoms with Crippen molar-refractivity contribution in [2.45, 2.75) is 39.0 Å². The molecule has 118 valence electrons. The van der Waals surface area contributed by atoms with Crippen LogP contribution in [0.15, 0.2) is 29.2 Å². The van der Waals surface area contributed by atoms with Crippen molar-refractivity contribution < 1.29 is 9.53 Å². The van der Waals surface area contributed by atoms with E-state index in [1.54, 1.807) is 28.4 Å². The molecule has 5 nitrogen and oxygen atoms in total. The van der Waals surface area contributed by atoms with E-state index in [9.17, 15) is 4.79 Å². The van der Waals surface area contributed by atoms with Gasteiger partial charge in [-0.2, -0.15) is 16.4 Å². The molecule has 6 heteroatoms. The van der Waals surface area contributed by atoms with E-state index < -0.39 is 0 Å². The van der Waals surface area contributed by atoms with Crippen molar-refractivity contribution in [1.29, 1.82) is 0 Å². The number of aryl methyl sites for hydroxylation is 1. The van der Waals surface area contributed by atoms with E-state index in [0.29, 0.717) is 5.56 Å². The minimum Gasteiger partial charge on any atom is -0.459 e. The average Bonchev–Trinajstić information content (AvgIpc) is 3.20. The van der Waals surface area contributed by atoms with E-state index in [2.05, 4.69) is 26.8 Å². The molecule has 3 rings (SSSR count). The molecule has 0 saturated carbocycles. The Morgan fingerprint density at radius 1 is 1.45 bits per heavy atom. The van der Waals surface area contributed by atoms with Crippen molar-refractivity contribution >= 4 is 17.3 Å². The number of thiophene rings is 1. The van der Waals surface area contributed by atoms with Crippen LogP contribution in [0, 0.1) is 0 Å². The monoisotopic (exact) mass is 319 g/mol. The molecule has 0 atom stereocenters. The molecule has 1 fully saturated rings. The van der Waals surface area contributed by atoms with Crippen molar-refractivity contribution in [2.24, 2.45) is 0 Å². The zero-order chi connectivity index (χ0) is 15.4. The van der Waals surface area contributed by atoms with Gasteiger partial charge in [-0.1, -0.05) is 0 Å². The molecule has 0 bridgehead atoms. The van der Waals surface area contributed by atoms with Gasteiger partial charge in [-0.3, -0.25) is 9.58 Å². The number of carbonyl (C=O) groups excluding carboxylic acids is 1. The summed E-state index contributed by atoms with van der Waals surface area (Å²) in [6.07, 6.45) is 5.15. The quantitative estimate of drug-likeness (QED) is 0.795. The smallest absolute Gasteiger partial charge is 0.341 e. The molecule has 22 heavy (non-hydrogen) atoms. The lowest BCUT2D eigenvalue weighted by Crippen LogP contribution is -2.37. The molecular weight excluding hydrogens is 298 g/mol. The van der Waals surface area contributed by atoms with Crippen LogP contribution in [-0.2, 0) is 17.8 Å². The number of hydrogen-bond donors (Lipinski definition) is 0. The number of carbonyl (C=O) groups is 1. The van der Waals surface area contributed by atoms with Crippen LogP contribution in [0.2, 0.25) is 0 Å². The van der Waals surface area contributed by atoms with Crippen LogP contribution in [0.5, 0.6) is 0 Å². The number of ether oxygens (including phenoxy) is 1. The molecule has 1 saturated heterocycles. The molecule has 0 amide bonds. The van der Waals surface area contributed by atoms with Crippen LogP contribution >= 0.6 is 11.3 Å². The molecule has 0 unspecified atom stereocenters. The van der Waals surface area contributed by atoms with E-state index in [4.69, 9.17) is 4.74 Å². The molecule has 0 aromatic carbocycles. The van der Waals surface area contributed by atoms with Crippen LogP contribution < -0.4 is 0 Å². The first-order valence-electron chi connectivity index (χ1n) is 7.71. The summed E-state index contributed by atoms with van der Waals surface area (Å²) in [5, 5.41) is 8.41. The van der Waals surface area contributed by atoms with Crippen molar-refractivity contribution in [2.75, 3.05) is 13.1 Å². The number of piperidine rings is 1. The predicted molar refractivity (Wildman–Crippen MR) is 85.9 cm³/mol. The maximum Gasteiger partial charge on any atom is 0.341 e. The average molecular weight is 319 g/mol. The second-order valence-corrected chi connectivity index (χ2v) is 6.38. The first-order chi connectivity index (χ1) is 10.7. The maximum atomic E-state index is 12.1. The first kappa shape index (κ1) is 15.2. The number of rotatable bonds is 5. The molecule has 3 heterocycles. The molecule has 0 radical (unpaired) electrons. The Balaban J connectivity index is 1.46. The zero-order valence-corrected chi connectivity index (χ0v) is 13.6. The Labute approximate surface area is 134 Å². The molecule has 0 aliphatic carbocycles. The third-order valence-corrected chi connectivity index (χ3v) is 4.72. The Bertz CT molecular complexity index is 601. The lowest BCUT2D eigenvalue weighted by Gasteiger charge is -2.31. The lowest BCUT2D eigenvalue weighted by molar-refractivity contribution is 0.0104. The summed E-state index contributed by atoms with van der Waals surface area (Å²) in [6, 6.07) is 2.17. The summed E-state index contributed by atoms with van der Waals surface area (Å²) >= 11 is 1.73. The Morgan fingerprint density at radius 3 is 2.91 bits per heavy atom. The molecule has 0 N–H and O–H groups in total. The minimum atomic E-state index is -0.254. The van der Waals surface area contributed by atoms with Gasteiger partial charge in [-0.05, 0) is 42.2 Å². The van der Waals surface area contributed by atoms with Gasteiger partial charge >= 0.3 is 5.97 Å². The third-order valence-electron chi connectivity index (χ3n) is 3.99. The SMILES string of the molecule is CCn1cc(C(=O)OC2CCN(Cc3ccsc3)CC2)cn1. The Morgan fingerprint density at radius 2 is 2.27 bits per heavy atom. The van der Waals surface area contributed by atoms with Gasteiger partial charge in [0.05, 0.1) is 11.8 Å². The van der Waals surface area contributed by atoms with Crippen molar-refractivity contribution in [3.8, 4) is 0 Å². The van der Waals surface area contributed by atoms with Crippen molar-refractivity contribution in [1.82, 2.24) is 14.7 Å². The van der Waals surface area contributed by atoms with Gasteiger partial charge < -0.3 is 4.74 Å². The van der Waals surface area contributed by atoms with Gasteiger partial charge in [-0.15, -0.1) is 0 Å². The summed E-state index contributed by atoms with van der Waals surface area (Å²) in [5.41, 5.74) is 1.91. The molecule has 0 spiro atoms. The highest BCUT2D eigenvalue weighted by molar-refractivity contribution is 7.07. The van der Waals surface area contributed by atoms with Gasteiger partial charge in [0.15, 0.2) is 0 Å².